The van der Waals surface area contributed by atoms with Crippen molar-refractivity contribution < 1.29 is 23.1 Å². The Balaban J connectivity index is 1.91. The van der Waals surface area contributed by atoms with E-state index in [1.165, 1.54) is 29.2 Å². The number of carbonyl (C=O) groups is 2. The fourth-order valence-corrected chi connectivity index (χ4v) is 2.74. The van der Waals surface area contributed by atoms with Gasteiger partial charge in [-0.25, -0.2) is 0 Å². The molecule has 5 nitrogen and oxygen atoms in total. The summed E-state index contributed by atoms with van der Waals surface area (Å²) in [4.78, 5) is 27.0. The highest BCUT2D eigenvalue weighted by Gasteiger charge is 2.17. The molecule has 0 saturated carbocycles. The Morgan fingerprint density at radius 3 is 2.44 bits per heavy atom. The number of rotatable bonds is 8. The van der Waals surface area contributed by atoms with Crippen molar-refractivity contribution in [3.05, 3.63) is 59.7 Å². The first-order valence-electron chi connectivity index (χ1n) is 8.09. The Morgan fingerprint density at radius 1 is 1.15 bits per heavy atom. The Bertz CT molecular complexity index is 785. The molecule has 27 heavy (non-hydrogen) atoms. The Kier molecular flexibility index (Phi) is 7.60. The topological polar surface area (TPSA) is 58.6 Å². The molecule has 2 aromatic rings. The van der Waals surface area contributed by atoms with Crippen molar-refractivity contribution in [1.82, 2.24) is 10.2 Å². The van der Waals surface area contributed by atoms with E-state index >= 15 is 0 Å². The van der Waals surface area contributed by atoms with Crippen molar-refractivity contribution in [3.63, 3.8) is 0 Å². The van der Waals surface area contributed by atoms with Crippen LogP contribution in [0.3, 0.4) is 0 Å². The second-order valence-electron chi connectivity index (χ2n) is 5.66. The molecule has 2 aromatic carbocycles. The molecule has 0 unspecified atom stereocenters. The van der Waals surface area contributed by atoms with Gasteiger partial charge in [0.1, 0.15) is 5.75 Å². The fraction of sp³-hybridized carbons (Fsp3) is 0.263. The van der Waals surface area contributed by atoms with Crippen LogP contribution in [-0.4, -0.2) is 43.2 Å². The van der Waals surface area contributed by atoms with Gasteiger partial charge in [0, 0.05) is 18.5 Å². The summed E-state index contributed by atoms with van der Waals surface area (Å²) in [7, 11) is 1.63. The van der Waals surface area contributed by atoms with E-state index in [1.807, 2.05) is 30.5 Å². The number of hydrogen-bond donors (Lipinski definition) is 1. The molecule has 0 spiro atoms. The molecule has 0 saturated heterocycles. The van der Waals surface area contributed by atoms with E-state index in [4.69, 9.17) is 0 Å². The summed E-state index contributed by atoms with van der Waals surface area (Å²) in [5.74, 6) is -1.19. The molecule has 8 heteroatoms. The first-order chi connectivity index (χ1) is 12.9. The van der Waals surface area contributed by atoms with Crippen molar-refractivity contribution >= 4 is 23.6 Å². The van der Waals surface area contributed by atoms with E-state index in [9.17, 15) is 18.4 Å². The lowest BCUT2D eigenvalue weighted by Gasteiger charge is -2.18. The third-order valence-corrected chi connectivity index (χ3v) is 4.50. The molecule has 0 bridgehead atoms. The summed E-state index contributed by atoms with van der Waals surface area (Å²) >= 11 is 1.63. The minimum absolute atomic E-state index is 0.0547. The minimum Gasteiger partial charge on any atom is -0.434 e. The number of alkyl halides is 2. The molecule has 2 amide bonds. The number of ether oxygens (including phenoxy) is 1. The van der Waals surface area contributed by atoms with Gasteiger partial charge in [0.05, 0.1) is 12.1 Å². The van der Waals surface area contributed by atoms with Gasteiger partial charge in [0.15, 0.2) is 0 Å². The van der Waals surface area contributed by atoms with Crippen molar-refractivity contribution in [2.75, 3.05) is 19.8 Å². The van der Waals surface area contributed by atoms with Crippen LogP contribution in [0.2, 0.25) is 0 Å². The lowest BCUT2D eigenvalue weighted by atomic mass is 10.2. The van der Waals surface area contributed by atoms with Crippen LogP contribution in [0, 0.1) is 0 Å². The summed E-state index contributed by atoms with van der Waals surface area (Å²) in [6.45, 7) is -2.89. The Hall–Kier alpha value is -2.61. The van der Waals surface area contributed by atoms with E-state index < -0.39 is 12.5 Å². The van der Waals surface area contributed by atoms with E-state index in [0.717, 1.165) is 10.5 Å². The van der Waals surface area contributed by atoms with Gasteiger partial charge in [-0.3, -0.25) is 9.59 Å². The van der Waals surface area contributed by atoms with Crippen LogP contribution in [0.4, 0.5) is 8.78 Å². The summed E-state index contributed by atoms with van der Waals surface area (Å²) in [5, 5.41) is 2.44. The number of halogens is 2. The number of hydrogen-bond acceptors (Lipinski definition) is 4. The van der Waals surface area contributed by atoms with Crippen molar-refractivity contribution in [3.8, 4) is 5.75 Å². The molecule has 1 N–H and O–H groups in total. The van der Waals surface area contributed by atoms with Crippen LogP contribution in [0.5, 0.6) is 5.75 Å². The normalized spacial score (nSPS) is 10.6. The molecule has 0 aromatic heterocycles. The number of carbonyl (C=O) groups excluding carboxylic acids is 2. The summed E-state index contributed by atoms with van der Waals surface area (Å²) < 4.78 is 29.2. The number of likely N-dealkylation sites (N-methyl/N-ethyl adjacent to an activating group) is 1. The first-order valence-corrected chi connectivity index (χ1v) is 9.32. The predicted molar refractivity (Wildman–Crippen MR) is 100 cm³/mol. The average Bonchev–Trinajstić information content (AvgIpc) is 2.66. The van der Waals surface area contributed by atoms with Gasteiger partial charge in [-0.2, -0.15) is 8.78 Å². The second-order valence-corrected chi connectivity index (χ2v) is 6.53. The summed E-state index contributed by atoms with van der Waals surface area (Å²) in [6, 6.07) is 13.5. The van der Waals surface area contributed by atoms with Gasteiger partial charge >= 0.3 is 6.61 Å². The van der Waals surface area contributed by atoms with Crippen LogP contribution < -0.4 is 10.1 Å². The lowest BCUT2D eigenvalue weighted by molar-refractivity contribution is -0.129. The molecular formula is C19H20F2N2O3S. The molecule has 0 aliphatic carbocycles. The summed E-state index contributed by atoms with van der Waals surface area (Å²) in [5.41, 5.74) is 0.909. The quantitative estimate of drug-likeness (QED) is 0.698. The smallest absolute Gasteiger partial charge is 0.387 e. The van der Waals surface area contributed by atoms with Gasteiger partial charge in [0.2, 0.25) is 5.91 Å². The highest BCUT2D eigenvalue weighted by Crippen LogP contribution is 2.20. The monoisotopic (exact) mass is 394 g/mol. The van der Waals surface area contributed by atoms with Crippen LogP contribution in [0.1, 0.15) is 15.9 Å². The predicted octanol–water partition coefficient (Wildman–Crippen LogP) is 3.40. The van der Waals surface area contributed by atoms with Crippen LogP contribution in [0.25, 0.3) is 0 Å². The van der Waals surface area contributed by atoms with Gasteiger partial charge in [-0.1, -0.05) is 24.3 Å². The zero-order valence-electron chi connectivity index (χ0n) is 14.9. The number of amides is 2. The summed E-state index contributed by atoms with van der Waals surface area (Å²) in [6.07, 6.45) is 1.98. The highest BCUT2D eigenvalue weighted by atomic mass is 32.2. The standard InChI is InChI=1S/C19H20F2N2O3S/c1-23(12-13-7-9-14(27-2)10-8-13)17(24)11-22-18(25)15-5-3-4-6-16(15)26-19(20)21/h3-10,19H,11-12H2,1-2H3,(H,22,25). The molecule has 0 atom stereocenters. The SMILES string of the molecule is CSc1ccc(CN(C)C(=O)CNC(=O)c2ccccc2OC(F)F)cc1. The van der Waals surface area contributed by atoms with Gasteiger partial charge < -0.3 is 15.0 Å². The van der Waals surface area contributed by atoms with E-state index in [2.05, 4.69) is 10.1 Å². The Labute approximate surface area is 160 Å². The van der Waals surface area contributed by atoms with Gasteiger partial charge in [-0.15, -0.1) is 11.8 Å². The molecule has 0 aliphatic rings. The maximum atomic E-state index is 12.4. The molecular weight excluding hydrogens is 374 g/mol. The molecule has 0 radical (unpaired) electrons. The number of nitrogens with one attached hydrogen (secondary N) is 1. The van der Waals surface area contributed by atoms with E-state index in [0.29, 0.717) is 6.54 Å². The zero-order chi connectivity index (χ0) is 19.8. The number of benzene rings is 2. The van der Waals surface area contributed by atoms with E-state index in [-0.39, 0.29) is 23.8 Å². The number of thioether (sulfide) groups is 1. The number of para-hydroxylation sites is 1. The fourth-order valence-electron chi connectivity index (χ4n) is 2.33. The van der Waals surface area contributed by atoms with Gasteiger partial charge in [0.25, 0.3) is 5.91 Å². The first kappa shape index (κ1) is 20.7. The second kappa shape index (κ2) is 9.91. The highest BCUT2D eigenvalue weighted by molar-refractivity contribution is 7.98. The van der Waals surface area contributed by atoms with E-state index in [1.54, 1.807) is 18.8 Å². The Morgan fingerprint density at radius 2 is 1.81 bits per heavy atom. The van der Waals surface area contributed by atoms with Crippen LogP contribution >= 0.6 is 11.8 Å². The maximum absolute atomic E-state index is 12.4. The minimum atomic E-state index is -3.04. The maximum Gasteiger partial charge on any atom is 0.387 e. The molecule has 2 rings (SSSR count). The number of nitrogens with zero attached hydrogens (tertiary/aromatic N) is 1. The van der Waals surface area contributed by atoms with Crippen LogP contribution in [-0.2, 0) is 11.3 Å². The zero-order valence-corrected chi connectivity index (χ0v) is 15.8. The molecule has 0 fully saturated rings. The third kappa shape index (κ3) is 6.25. The van der Waals surface area contributed by atoms with Crippen molar-refractivity contribution in [2.24, 2.45) is 0 Å². The average molecular weight is 394 g/mol. The molecule has 0 heterocycles. The lowest BCUT2D eigenvalue weighted by Crippen LogP contribution is -2.38. The largest absolute Gasteiger partial charge is 0.434 e. The van der Waals surface area contributed by atoms with Crippen molar-refractivity contribution in [2.45, 2.75) is 18.1 Å². The van der Waals surface area contributed by atoms with Crippen molar-refractivity contribution in [1.29, 1.82) is 0 Å². The van der Waals surface area contributed by atoms with Crippen LogP contribution in [0.15, 0.2) is 53.4 Å². The molecule has 0 aliphatic heterocycles. The van der Waals surface area contributed by atoms with Gasteiger partial charge in [-0.05, 0) is 36.1 Å². The molecule has 144 valence electrons. The third-order valence-electron chi connectivity index (χ3n) is 3.75.